The van der Waals surface area contributed by atoms with Crippen LogP contribution in [0.25, 0.3) is 0 Å². The highest BCUT2D eigenvalue weighted by molar-refractivity contribution is 5.91. The van der Waals surface area contributed by atoms with E-state index in [1.54, 1.807) is 29.2 Å². The van der Waals surface area contributed by atoms with Crippen LogP contribution in [0.4, 0.5) is 0 Å². The minimum atomic E-state index is -0.546. The normalized spacial score (nSPS) is 14.1. The Kier molecular flexibility index (Phi) is 7.62. The minimum Gasteiger partial charge on any atom is -0.489 e. The SMILES string of the molecule is Cc1noc(C)c1COc1cccc(C(=O)OCC(=O)N2CCC(Cc3ccccc3)CC2)c1. The molecular weight excluding hydrogens is 432 g/mol. The van der Waals surface area contributed by atoms with Gasteiger partial charge in [-0.25, -0.2) is 4.79 Å². The highest BCUT2D eigenvalue weighted by Gasteiger charge is 2.24. The summed E-state index contributed by atoms with van der Waals surface area (Å²) in [7, 11) is 0. The first kappa shape index (κ1) is 23.5. The van der Waals surface area contributed by atoms with Crippen LogP contribution < -0.4 is 4.74 Å². The summed E-state index contributed by atoms with van der Waals surface area (Å²) in [5.74, 6) is 1.10. The third-order valence-corrected chi connectivity index (χ3v) is 6.30. The molecule has 34 heavy (non-hydrogen) atoms. The number of carbonyl (C=O) groups excluding carboxylic acids is 2. The van der Waals surface area contributed by atoms with Crippen molar-refractivity contribution in [2.24, 2.45) is 5.92 Å². The van der Waals surface area contributed by atoms with E-state index in [-0.39, 0.29) is 12.5 Å². The molecule has 1 aliphatic rings. The van der Waals surface area contributed by atoms with Gasteiger partial charge in [0.1, 0.15) is 18.1 Å². The summed E-state index contributed by atoms with van der Waals surface area (Å²) in [4.78, 5) is 26.9. The molecular formula is C27H30N2O5. The molecule has 7 nitrogen and oxygen atoms in total. The van der Waals surface area contributed by atoms with Gasteiger partial charge in [0.2, 0.25) is 0 Å². The first-order valence-electron chi connectivity index (χ1n) is 11.6. The van der Waals surface area contributed by atoms with Gasteiger partial charge in [0, 0.05) is 13.1 Å². The van der Waals surface area contributed by atoms with Crippen LogP contribution in [0.3, 0.4) is 0 Å². The highest BCUT2D eigenvalue weighted by Crippen LogP contribution is 2.22. The number of rotatable bonds is 8. The van der Waals surface area contributed by atoms with E-state index in [1.807, 2.05) is 19.9 Å². The second kappa shape index (κ2) is 11.0. The topological polar surface area (TPSA) is 81.9 Å². The summed E-state index contributed by atoms with van der Waals surface area (Å²) in [6, 6.07) is 17.2. The first-order valence-corrected chi connectivity index (χ1v) is 11.6. The third-order valence-electron chi connectivity index (χ3n) is 6.30. The highest BCUT2D eigenvalue weighted by atomic mass is 16.5. The fourth-order valence-electron chi connectivity index (χ4n) is 4.21. The molecule has 1 aromatic heterocycles. The van der Waals surface area contributed by atoms with Gasteiger partial charge in [-0.2, -0.15) is 0 Å². The molecule has 1 fully saturated rings. The number of likely N-dealkylation sites (tertiary alicyclic amines) is 1. The van der Waals surface area contributed by atoms with E-state index < -0.39 is 5.97 Å². The van der Waals surface area contributed by atoms with Crippen LogP contribution in [0.15, 0.2) is 59.1 Å². The Morgan fingerprint density at radius 1 is 1.06 bits per heavy atom. The van der Waals surface area contributed by atoms with Gasteiger partial charge in [0.05, 0.1) is 16.8 Å². The maximum atomic E-state index is 12.6. The lowest BCUT2D eigenvalue weighted by atomic mass is 9.90. The van der Waals surface area contributed by atoms with Crippen LogP contribution in [0, 0.1) is 19.8 Å². The second-order valence-corrected chi connectivity index (χ2v) is 8.71. The number of carbonyl (C=O) groups is 2. The number of piperidine rings is 1. The first-order chi connectivity index (χ1) is 16.5. The Labute approximate surface area is 199 Å². The quantitative estimate of drug-likeness (QED) is 0.458. The van der Waals surface area contributed by atoms with Crippen molar-refractivity contribution < 1.29 is 23.6 Å². The molecule has 3 aromatic rings. The Morgan fingerprint density at radius 3 is 2.53 bits per heavy atom. The average molecular weight is 463 g/mol. The maximum absolute atomic E-state index is 12.6. The molecule has 0 spiro atoms. The molecule has 1 aliphatic heterocycles. The predicted octanol–water partition coefficient (Wildman–Crippen LogP) is 4.51. The molecule has 1 amide bonds. The van der Waals surface area contributed by atoms with Gasteiger partial charge < -0.3 is 18.9 Å². The lowest BCUT2D eigenvalue weighted by molar-refractivity contribution is -0.135. The van der Waals surface area contributed by atoms with Crippen LogP contribution in [-0.4, -0.2) is 41.6 Å². The summed E-state index contributed by atoms with van der Waals surface area (Å²) in [5.41, 5.74) is 3.33. The van der Waals surface area contributed by atoms with Crippen molar-refractivity contribution in [1.29, 1.82) is 0 Å². The van der Waals surface area contributed by atoms with Crippen LogP contribution in [0.1, 0.15) is 45.8 Å². The Morgan fingerprint density at radius 2 is 1.82 bits per heavy atom. The summed E-state index contributed by atoms with van der Waals surface area (Å²) in [5, 5.41) is 3.91. The van der Waals surface area contributed by atoms with E-state index in [4.69, 9.17) is 14.0 Å². The molecule has 178 valence electrons. The van der Waals surface area contributed by atoms with Gasteiger partial charge in [0.25, 0.3) is 5.91 Å². The summed E-state index contributed by atoms with van der Waals surface area (Å²) in [6.45, 7) is 5.10. The number of hydrogen-bond acceptors (Lipinski definition) is 6. The van der Waals surface area contributed by atoms with Gasteiger partial charge in [-0.3, -0.25) is 4.79 Å². The van der Waals surface area contributed by atoms with Gasteiger partial charge in [-0.1, -0.05) is 41.6 Å². The Hall–Kier alpha value is -3.61. The molecule has 2 heterocycles. The standard InChI is InChI=1S/C27H30N2O5/c1-19-25(20(2)34-28-19)17-32-24-10-6-9-23(16-24)27(31)33-18-26(30)29-13-11-22(12-14-29)15-21-7-4-3-5-8-21/h3-10,16,22H,11-15,17-18H2,1-2H3. The molecule has 0 saturated carbocycles. The van der Waals surface area contributed by atoms with Gasteiger partial charge in [-0.15, -0.1) is 0 Å². The van der Waals surface area contributed by atoms with Gasteiger partial charge in [0.15, 0.2) is 6.61 Å². The van der Waals surface area contributed by atoms with Crippen LogP contribution in [0.5, 0.6) is 5.75 Å². The minimum absolute atomic E-state index is 0.155. The molecule has 0 bridgehead atoms. The van der Waals surface area contributed by atoms with Crippen LogP contribution in [-0.2, 0) is 22.6 Å². The Bertz CT molecular complexity index is 1100. The number of hydrogen-bond donors (Lipinski definition) is 0. The molecule has 0 unspecified atom stereocenters. The molecule has 4 rings (SSSR count). The van der Waals surface area contributed by atoms with Crippen molar-refractivity contribution in [3.05, 3.63) is 82.7 Å². The maximum Gasteiger partial charge on any atom is 0.338 e. The smallest absolute Gasteiger partial charge is 0.338 e. The molecule has 7 heteroatoms. The predicted molar refractivity (Wildman–Crippen MR) is 126 cm³/mol. The van der Waals surface area contributed by atoms with Gasteiger partial charge in [-0.05, 0) is 62.8 Å². The van der Waals surface area contributed by atoms with E-state index in [0.717, 1.165) is 30.5 Å². The largest absolute Gasteiger partial charge is 0.489 e. The van der Waals surface area contributed by atoms with E-state index >= 15 is 0 Å². The number of esters is 1. The van der Waals surface area contributed by atoms with Crippen molar-refractivity contribution in [2.75, 3.05) is 19.7 Å². The second-order valence-electron chi connectivity index (χ2n) is 8.71. The molecule has 0 radical (unpaired) electrons. The Balaban J connectivity index is 1.23. The fraction of sp³-hybridized carbons (Fsp3) is 0.370. The zero-order valence-electron chi connectivity index (χ0n) is 19.7. The number of ether oxygens (including phenoxy) is 2. The average Bonchev–Trinajstić information content (AvgIpc) is 3.19. The van der Waals surface area contributed by atoms with E-state index in [9.17, 15) is 9.59 Å². The monoisotopic (exact) mass is 462 g/mol. The third kappa shape index (κ3) is 6.04. The summed E-state index contributed by atoms with van der Waals surface area (Å²) >= 11 is 0. The van der Waals surface area contributed by atoms with Crippen molar-refractivity contribution >= 4 is 11.9 Å². The van der Waals surface area contributed by atoms with E-state index in [1.165, 1.54) is 5.56 Å². The zero-order chi connectivity index (χ0) is 23.9. The number of aryl methyl sites for hydroxylation is 2. The van der Waals surface area contributed by atoms with Crippen LogP contribution in [0.2, 0.25) is 0 Å². The number of benzene rings is 2. The molecule has 0 aliphatic carbocycles. The van der Waals surface area contributed by atoms with E-state index in [0.29, 0.717) is 42.7 Å². The lowest BCUT2D eigenvalue weighted by Gasteiger charge is -2.32. The molecule has 0 atom stereocenters. The van der Waals surface area contributed by atoms with Crippen molar-refractivity contribution in [1.82, 2.24) is 10.1 Å². The zero-order valence-corrected chi connectivity index (χ0v) is 19.7. The molecule has 1 saturated heterocycles. The molecule has 2 aromatic carbocycles. The van der Waals surface area contributed by atoms with Crippen molar-refractivity contribution in [3.63, 3.8) is 0 Å². The number of nitrogens with zero attached hydrogens (tertiary/aromatic N) is 2. The fourth-order valence-corrected chi connectivity index (χ4v) is 4.21. The lowest BCUT2D eigenvalue weighted by Crippen LogP contribution is -2.41. The molecule has 0 N–H and O–H groups in total. The van der Waals surface area contributed by atoms with Crippen molar-refractivity contribution in [3.8, 4) is 5.75 Å². The summed E-state index contributed by atoms with van der Waals surface area (Å²) in [6.07, 6.45) is 2.95. The summed E-state index contributed by atoms with van der Waals surface area (Å²) < 4.78 is 16.2. The van der Waals surface area contributed by atoms with Gasteiger partial charge >= 0.3 is 5.97 Å². The van der Waals surface area contributed by atoms with Crippen molar-refractivity contribution in [2.45, 2.75) is 39.7 Å². The number of amides is 1. The van der Waals surface area contributed by atoms with E-state index in [2.05, 4.69) is 29.4 Å². The van der Waals surface area contributed by atoms with Crippen LogP contribution >= 0.6 is 0 Å². The number of aromatic nitrogens is 1.